The third-order valence-electron chi connectivity index (χ3n) is 3.54. The molecule has 1 amide bonds. The standard InChI is InChI=1S/C16H25NO2/c1-4-14-6-8-15(9-7-14)13(3)12-16(19)17(5-2)10-11-18/h6-9,13,18H,4-5,10-12H2,1-3H3. The van der Waals surface area contributed by atoms with Crippen LogP contribution in [0.25, 0.3) is 0 Å². The van der Waals surface area contributed by atoms with E-state index in [1.165, 1.54) is 11.1 Å². The van der Waals surface area contributed by atoms with Gasteiger partial charge in [0.25, 0.3) is 0 Å². The molecule has 1 aromatic rings. The number of hydrogen-bond donors (Lipinski definition) is 1. The Morgan fingerprint density at radius 2 is 1.89 bits per heavy atom. The molecular formula is C16H25NO2. The van der Waals surface area contributed by atoms with Crippen molar-refractivity contribution >= 4 is 5.91 Å². The van der Waals surface area contributed by atoms with Gasteiger partial charge in [-0.05, 0) is 30.4 Å². The highest BCUT2D eigenvalue weighted by atomic mass is 16.3. The SMILES string of the molecule is CCc1ccc(C(C)CC(=O)N(CC)CCO)cc1. The number of carbonyl (C=O) groups is 1. The molecule has 19 heavy (non-hydrogen) atoms. The molecule has 0 spiro atoms. The normalized spacial score (nSPS) is 12.2. The molecule has 1 atom stereocenters. The van der Waals surface area contributed by atoms with E-state index in [4.69, 9.17) is 5.11 Å². The maximum absolute atomic E-state index is 12.1. The summed E-state index contributed by atoms with van der Waals surface area (Å²) in [5, 5.41) is 8.93. The molecule has 1 rings (SSSR count). The number of aliphatic hydroxyl groups is 1. The second-order valence-electron chi connectivity index (χ2n) is 4.90. The van der Waals surface area contributed by atoms with Crippen molar-refractivity contribution in [3.63, 3.8) is 0 Å². The zero-order valence-electron chi connectivity index (χ0n) is 12.2. The smallest absolute Gasteiger partial charge is 0.223 e. The molecule has 1 aromatic carbocycles. The Morgan fingerprint density at radius 1 is 1.26 bits per heavy atom. The Morgan fingerprint density at radius 3 is 2.37 bits per heavy atom. The van der Waals surface area contributed by atoms with Gasteiger partial charge in [-0.2, -0.15) is 0 Å². The number of amides is 1. The largest absolute Gasteiger partial charge is 0.395 e. The molecular weight excluding hydrogens is 238 g/mol. The van der Waals surface area contributed by atoms with Gasteiger partial charge in [-0.1, -0.05) is 38.1 Å². The van der Waals surface area contributed by atoms with Gasteiger partial charge in [-0.3, -0.25) is 4.79 Å². The number of hydrogen-bond acceptors (Lipinski definition) is 2. The number of nitrogens with zero attached hydrogens (tertiary/aromatic N) is 1. The lowest BCUT2D eigenvalue weighted by Gasteiger charge is -2.22. The van der Waals surface area contributed by atoms with Crippen molar-refractivity contribution in [3.05, 3.63) is 35.4 Å². The lowest BCUT2D eigenvalue weighted by molar-refractivity contribution is -0.131. The maximum atomic E-state index is 12.1. The summed E-state index contributed by atoms with van der Waals surface area (Å²) < 4.78 is 0. The van der Waals surface area contributed by atoms with Crippen LogP contribution >= 0.6 is 0 Å². The number of benzene rings is 1. The predicted octanol–water partition coefficient (Wildman–Crippen LogP) is 2.58. The fourth-order valence-electron chi connectivity index (χ4n) is 2.17. The molecule has 0 bridgehead atoms. The van der Waals surface area contributed by atoms with Crippen molar-refractivity contribution in [1.29, 1.82) is 0 Å². The molecule has 0 heterocycles. The third-order valence-corrected chi connectivity index (χ3v) is 3.54. The minimum absolute atomic E-state index is 0.0269. The van der Waals surface area contributed by atoms with Crippen LogP contribution in [0.4, 0.5) is 0 Å². The molecule has 0 aromatic heterocycles. The highest BCUT2D eigenvalue weighted by Crippen LogP contribution is 2.20. The number of likely N-dealkylation sites (N-methyl/N-ethyl adjacent to an activating group) is 1. The van der Waals surface area contributed by atoms with E-state index in [1.54, 1.807) is 4.90 Å². The van der Waals surface area contributed by atoms with Gasteiger partial charge in [0.1, 0.15) is 0 Å². The van der Waals surface area contributed by atoms with E-state index in [0.717, 1.165) is 6.42 Å². The van der Waals surface area contributed by atoms with Gasteiger partial charge >= 0.3 is 0 Å². The third kappa shape index (κ3) is 4.67. The van der Waals surface area contributed by atoms with E-state index in [2.05, 4.69) is 38.1 Å². The molecule has 0 fully saturated rings. The van der Waals surface area contributed by atoms with Gasteiger partial charge in [-0.25, -0.2) is 0 Å². The Labute approximate surface area is 116 Å². The first-order chi connectivity index (χ1) is 9.12. The summed E-state index contributed by atoms with van der Waals surface area (Å²) in [5.41, 5.74) is 2.52. The Hall–Kier alpha value is -1.35. The van der Waals surface area contributed by atoms with E-state index in [0.29, 0.717) is 19.5 Å². The lowest BCUT2D eigenvalue weighted by Crippen LogP contribution is -2.33. The van der Waals surface area contributed by atoms with Crippen LogP contribution in [0.1, 0.15) is 44.2 Å². The monoisotopic (exact) mass is 263 g/mol. The van der Waals surface area contributed by atoms with E-state index < -0.39 is 0 Å². The van der Waals surface area contributed by atoms with E-state index in [1.807, 2.05) is 6.92 Å². The molecule has 1 unspecified atom stereocenters. The number of rotatable bonds is 7. The minimum Gasteiger partial charge on any atom is -0.395 e. The first-order valence-electron chi connectivity index (χ1n) is 7.09. The summed E-state index contributed by atoms with van der Waals surface area (Å²) in [6, 6.07) is 8.47. The number of aliphatic hydroxyl groups excluding tert-OH is 1. The quantitative estimate of drug-likeness (QED) is 0.821. The van der Waals surface area contributed by atoms with Crippen molar-refractivity contribution < 1.29 is 9.90 Å². The predicted molar refractivity (Wildman–Crippen MR) is 78.2 cm³/mol. The van der Waals surface area contributed by atoms with Crippen LogP contribution < -0.4 is 0 Å². The van der Waals surface area contributed by atoms with E-state index in [9.17, 15) is 4.79 Å². The van der Waals surface area contributed by atoms with Gasteiger partial charge in [0.2, 0.25) is 5.91 Å². The Bertz CT molecular complexity index is 386. The highest BCUT2D eigenvalue weighted by molar-refractivity contribution is 5.77. The molecule has 106 valence electrons. The summed E-state index contributed by atoms with van der Waals surface area (Å²) in [7, 11) is 0. The molecule has 0 radical (unpaired) electrons. The molecule has 0 aliphatic carbocycles. The average Bonchev–Trinajstić information content (AvgIpc) is 2.44. The molecule has 1 N–H and O–H groups in total. The summed E-state index contributed by atoms with van der Waals surface area (Å²) >= 11 is 0. The molecule has 0 saturated carbocycles. The Balaban J connectivity index is 2.62. The van der Waals surface area contributed by atoms with Gasteiger partial charge in [-0.15, -0.1) is 0 Å². The fourth-order valence-corrected chi connectivity index (χ4v) is 2.17. The minimum atomic E-state index is 0.0269. The first kappa shape index (κ1) is 15.7. The summed E-state index contributed by atoms with van der Waals surface area (Å²) in [4.78, 5) is 13.8. The van der Waals surface area contributed by atoms with Gasteiger partial charge in [0, 0.05) is 19.5 Å². The molecule has 0 aliphatic rings. The van der Waals surface area contributed by atoms with Crippen LogP contribution in [0.15, 0.2) is 24.3 Å². The van der Waals surface area contributed by atoms with Crippen LogP contribution in [0.2, 0.25) is 0 Å². The molecule has 0 aliphatic heterocycles. The van der Waals surface area contributed by atoms with Crippen LogP contribution in [0.3, 0.4) is 0 Å². The molecule has 3 heteroatoms. The Kier molecular flexibility index (Phi) is 6.57. The topological polar surface area (TPSA) is 40.5 Å². The summed E-state index contributed by atoms with van der Waals surface area (Å²) in [5.74, 6) is 0.328. The van der Waals surface area contributed by atoms with Crippen LogP contribution in [0, 0.1) is 0 Å². The summed E-state index contributed by atoms with van der Waals surface area (Å²) in [6.07, 6.45) is 1.53. The van der Waals surface area contributed by atoms with Crippen molar-refractivity contribution in [2.45, 2.75) is 39.5 Å². The van der Waals surface area contributed by atoms with Crippen LogP contribution in [-0.4, -0.2) is 35.6 Å². The fraction of sp³-hybridized carbons (Fsp3) is 0.562. The van der Waals surface area contributed by atoms with E-state index in [-0.39, 0.29) is 18.4 Å². The summed E-state index contributed by atoms with van der Waals surface area (Å²) in [6.45, 7) is 7.26. The van der Waals surface area contributed by atoms with Crippen LogP contribution in [0.5, 0.6) is 0 Å². The second-order valence-corrected chi connectivity index (χ2v) is 4.90. The first-order valence-corrected chi connectivity index (χ1v) is 7.09. The van der Waals surface area contributed by atoms with Crippen molar-refractivity contribution in [2.75, 3.05) is 19.7 Å². The van der Waals surface area contributed by atoms with Gasteiger partial charge in [0.05, 0.1) is 6.61 Å². The molecule has 3 nitrogen and oxygen atoms in total. The van der Waals surface area contributed by atoms with Crippen LogP contribution in [-0.2, 0) is 11.2 Å². The van der Waals surface area contributed by atoms with Gasteiger partial charge < -0.3 is 10.0 Å². The highest BCUT2D eigenvalue weighted by Gasteiger charge is 2.16. The average molecular weight is 263 g/mol. The zero-order chi connectivity index (χ0) is 14.3. The maximum Gasteiger partial charge on any atom is 0.223 e. The number of aryl methyl sites for hydroxylation is 1. The molecule has 0 saturated heterocycles. The zero-order valence-corrected chi connectivity index (χ0v) is 12.2. The lowest BCUT2D eigenvalue weighted by atomic mass is 9.96. The number of carbonyl (C=O) groups excluding carboxylic acids is 1. The van der Waals surface area contributed by atoms with E-state index >= 15 is 0 Å². The van der Waals surface area contributed by atoms with Crippen molar-refractivity contribution in [1.82, 2.24) is 4.90 Å². The van der Waals surface area contributed by atoms with Gasteiger partial charge in [0.15, 0.2) is 0 Å². The van der Waals surface area contributed by atoms with Crippen molar-refractivity contribution in [3.8, 4) is 0 Å². The second kappa shape index (κ2) is 7.95. The van der Waals surface area contributed by atoms with Crippen molar-refractivity contribution in [2.24, 2.45) is 0 Å².